The standard InChI is InChI=1S/C15H23N3O2/c1-11-9-12(2)18(16-11)13-5-3-7-17(10-13)15(19)14-6-4-8-20-14/h9,13-14H,3-8,10H2,1-2H3/t13-,14-/m0/s1. The Kier molecular flexibility index (Phi) is 3.78. The van der Waals surface area contributed by atoms with Crippen molar-refractivity contribution in [2.75, 3.05) is 19.7 Å². The van der Waals surface area contributed by atoms with Gasteiger partial charge in [-0.3, -0.25) is 9.48 Å². The Morgan fingerprint density at radius 2 is 2.20 bits per heavy atom. The molecule has 0 bridgehead atoms. The van der Waals surface area contributed by atoms with Crippen molar-refractivity contribution in [1.29, 1.82) is 0 Å². The Hall–Kier alpha value is -1.36. The van der Waals surface area contributed by atoms with Gasteiger partial charge in [0, 0.05) is 25.4 Å². The van der Waals surface area contributed by atoms with Gasteiger partial charge in [-0.15, -0.1) is 0 Å². The number of nitrogens with zero attached hydrogens (tertiary/aromatic N) is 3. The molecule has 2 fully saturated rings. The van der Waals surface area contributed by atoms with Crippen molar-refractivity contribution in [2.24, 2.45) is 0 Å². The zero-order chi connectivity index (χ0) is 14.1. The number of carbonyl (C=O) groups is 1. The molecule has 20 heavy (non-hydrogen) atoms. The predicted octanol–water partition coefficient (Wildman–Crippen LogP) is 1.84. The molecule has 3 heterocycles. The number of rotatable bonds is 2. The zero-order valence-corrected chi connectivity index (χ0v) is 12.3. The third-order valence-electron chi connectivity index (χ3n) is 4.30. The molecule has 0 spiro atoms. The minimum atomic E-state index is -0.200. The normalized spacial score (nSPS) is 27.0. The molecule has 0 radical (unpaired) electrons. The number of amides is 1. The van der Waals surface area contributed by atoms with Crippen molar-refractivity contribution < 1.29 is 9.53 Å². The van der Waals surface area contributed by atoms with E-state index in [2.05, 4.69) is 22.8 Å². The van der Waals surface area contributed by atoms with Crippen LogP contribution in [0.15, 0.2) is 6.07 Å². The highest BCUT2D eigenvalue weighted by molar-refractivity contribution is 5.81. The van der Waals surface area contributed by atoms with Crippen molar-refractivity contribution >= 4 is 5.91 Å². The van der Waals surface area contributed by atoms with E-state index in [9.17, 15) is 4.79 Å². The van der Waals surface area contributed by atoms with Gasteiger partial charge in [-0.1, -0.05) is 0 Å². The first kappa shape index (κ1) is 13.6. The lowest BCUT2D eigenvalue weighted by molar-refractivity contribution is -0.142. The molecular weight excluding hydrogens is 254 g/mol. The van der Waals surface area contributed by atoms with Gasteiger partial charge < -0.3 is 9.64 Å². The van der Waals surface area contributed by atoms with Crippen LogP contribution >= 0.6 is 0 Å². The highest BCUT2D eigenvalue weighted by atomic mass is 16.5. The average molecular weight is 277 g/mol. The lowest BCUT2D eigenvalue weighted by Gasteiger charge is -2.34. The first-order valence-corrected chi connectivity index (χ1v) is 7.58. The molecule has 110 valence electrons. The Morgan fingerprint density at radius 3 is 2.85 bits per heavy atom. The number of likely N-dealkylation sites (tertiary alicyclic amines) is 1. The van der Waals surface area contributed by atoms with E-state index in [0.717, 1.165) is 51.1 Å². The molecule has 0 saturated carbocycles. The summed E-state index contributed by atoms with van der Waals surface area (Å²) in [6.45, 7) is 6.45. The molecule has 1 amide bonds. The van der Waals surface area contributed by atoms with Crippen LogP contribution in [-0.2, 0) is 9.53 Å². The maximum absolute atomic E-state index is 12.4. The largest absolute Gasteiger partial charge is 0.368 e. The molecule has 2 saturated heterocycles. The molecule has 5 heteroatoms. The molecule has 3 rings (SSSR count). The van der Waals surface area contributed by atoms with E-state index in [0.29, 0.717) is 6.04 Å². The van der Waals surface area contributed by atoms with Gasteiger partial charge in [0.25, 0.3) is 5.91 Å². The summed E-state index contributed by atoms with van der Waals surface area (Å²) in [7, 11) is 0. The van der Waals surface area contributed by atoms with Gasteiger partial charge >= 0.3 is 0 Å². The molecule has 5 nitrogen and oxygen atoms in total. The van der Waals surface area contributed by atoms with E-state index < -0.39 is 0 Å². The maximum Gasteiger partial charge on any atom is 0.251 e. The Balaban J connectivity index is 1.70. The van der Waals surface area contributed by atoms with Gasteiger partial charge in [0.2, 0.25) is 0 Å². The van der Waals surface area contributed by atoms with Crippen LogP contribution in [0.4, 0.5) is 0 Å². The second-order valence-electron chi connectivity index (χ2n) is 5.95. The van der Waals surface area contributed by atoms with Gasteiger partial charge in [-0.2, -0.15) is 5.10 Å². The van der Waals surface area contributed by atoms with Crippen molar-refractivity contribution in [2.45, 2.75) is 51.7 Å². The molecule has 1 aromatic rings. The second-order valence-corrected chi connectivity index (χ2v) is 5.95. The zero-order valence-electron chi connectivity index (χ0n) is 12.3. The van der Waals surface area contributed by atoms with Crippen molar-refractivity contribution in [3.8, 4) is 0 Å². The maximum atomic E-state index is 12.4. The monoisotopic (exact) mass is 277 g/mol. The van der Waals surface area contributed by atoms with Gasteiger partial charge in [0.15, 0.2) is 0 Å². The van der Waals surface area contributed by atoms with E-state index in [-0.39, 0.29) is 12.0 Å². The fourth-order valence-corrected chi connectivity index (χ4v) is 3.35. The van der Waals surface area contributed by atoms with Crippen molar-refractivity contribution in [1.82, 2.24) is 14.7 Å². The number of piperidine rings is 1. The number of aromatic nitrogens is 2. The molecule has 0 aliphatic carbocycles. The lowest BCUT2D eigenvalue weighted by Crippen LogP contribution is -2.45. The SMILES string of the molecule is Cc1cc(C)n([C@H]2CCCN(C(=O)[C@@H]3CCCO3)C2)n1. The summed E-state index contributed by atoms with van der Waals surface area (Å²) >= 11 is 0. The fourth-order valence-electron chi connectivity index (χ4n) is 3.35. The Labute approximate surface area is 119 Å². The second kappa shape index (κ2) is 5.56. The number of hydrogen-bond donors (Lipinski definition) is 0. The number of ether oxygens (including phenoxy) is 1. The number of carbonyl (C=O) groups excluding carboxylic acids is 1. The molecule has 2 aliphatic heterocycles. The van der Waals surface area contributed by atoms with E-state index >= 15 is 0 Å². The Morgan fingerprint density at radius 1 is 1.35 bits per heavy atom. The Bertz CT molecular complexity index is 491. The van der Waals surface area contributed by atoms with Gasteiger partial charge in [0.05, 0.1) is 11.7 Å². The molecule has 0 aromatic carbocycles. The van der Waals surface area contributed by atoms with E-state index in [1.807, 2.05) is 11.8 Å². The molecular formula is C15H23N3O2. The van der Waals surface area contributed by atoms with E-state index in [4.69, 9.17) is 4.74 Å². The van der Waals surface area contributed by atoms with Gasteiger partial charge in [-0.25, -0.2) is 0 Å². The lowest BCUT2D eigenvalue weighted by atomic mass is 10.0. The summed E-state index contributed by atoms with van der Waals surface area (Å²) in [4.78, 5) is 14.4. The fraction of sp³-hybridized carbons (Fsp3) is 0.733. The minimum absolute atomic E-state index is 0.175. The minimum Gasteiger partial charge on any atom is -0.368 e. The van der Waals surface area contributed by atoms with E-state index in [1.54, 1.807) is 0 Å². The van der Waals surface area contributed by atoms with Gasteiger partial charge in [-0.05, 0) is 45.6 Å². The van der Waals surface area contributed by atoms with Crippen LogP contribution in [0.25, 0.3) is 0 Å². The third-order valence-corrected chi connectivity index (χ3v) is 4.30. The number of hydrogen-bond acceptors (Lipinski definition) is 3. The van der Waals surface area contributed by atoms with Crippen molar-refractivity contribution in [3.05, 3.63) is 17.5 Å². The molecule has 0 N–H and O–H groups in total. The van der Waals surface area contributed by atoms with Crippen LogP contribution < -0.4 is 0 Å². The molecule has 0 unspecified atom stereocenters. The quantitative estimate of drug-likeness (QED) is 0.828. The summed E-state index contributed by atoms with van der Waals surface area (Å²) in [5, 5.41) is 4.57. The molecule has 1 aromatic heterocycles. The van der Waals surface area contributed by atoms with E-state index in [1.165, 1.54) is 5.69 Å². The summed E-state index contributed by atoms with van der Waals surface area (Å²) in [5.41, 5.74) is 2.23. The van der Waals surface area contributed by atoms with Crippen LogP contribution in [0.1, 0.15) is 43.1 Å². The first-order valence-electron chi connectivity index (χ1n) is 7.58. The summed E-state index contributed by atoms with van der Waals surface area (Å²) in [5.74, 6) is 0.175. The smallest absolute Gasteiger partial charge is 0.251 e. The van der Waals surface area contributed by atoms with Crippen LogP contribution in [0, 0.1) is 13.8 Å². The van der Waals surface area contributed by atoms with Crippen LogP contribution in [0.5, 0.6) is 0 Å². The first-order chi connectivity index (χ1) is 9.65. The molecule has 2 aliphatic rings. The topological polar surface area (TPSA) is 47.4 Å². The number of aryl methyl sites for hydroxylation is 2. The average Bonchev–Trinajstić information content (AvgIpc) is 3.08. The molecule has 2 atom stereocenters. The summed E-state index contributed by atoms with van der Waals surface area (Å²) in [6, 6.07) is 2.41. The summed E-state index contributed by atoms with van der Waals surface area (Å²) < 4.78 is 7.61. The summed E-state index contributed by atoms with van der Waals surface area (Å²) in [6.07, 6.45) is 3.82. The predicted molar refractivity (Wildman–Crippen MR) is 75.5 cm³/mol. The van der Waals surface area contributed by atoms with Crippen molar-refractivity contribution in [3.63, 3.8) is 0 Å². The van der Waals surface area contributed by atoms with Gasteiger partial charge in [0.1, 0.15) is 6.10 Å². The third kappa shape index (κ3) is 2.59. The highest BCUT2D eigenvalue weighted by Crippen LogP contribution is 2.25. The highest BCUT2D eigenvalue weighted by Gasteiger charge is 2.32. The van der Waals surface area contributed by atoms with Crippen LogP contribution in [0.2, 0.25) is 0 Å². The van der Waals surface area contributed by atoms with Crippen LogP contribution in [0.3, 0.4) is 0 Å². The van der Waals surface area contributed by atoms with Crippen LogP contribution in [-0.4, -0.2) is 46.4 Å².